The molecule has 2 N–H and O–H groups in total. The first-order valence-electron chi connectivity index (χ1n) is 9.41. The summed E-state index contributed by atoms with van der Waals surface area (Å²) in [6.45, 7) is 3.86. The number of rotatable bonds is 6. The molecule has 2 saturated carbocycles. The Morgan fingerprint density at radius 1 is 1.23 bits per heavy atom. The number of aromatic nitrogens is 3. The number of aliphatic hydroxyl groups excluding tert-OH is 1. The highest BCUT2D eigenvalue weighted by molar-refractivity contribution is 5.87. The van der Waals surface area contributed by atoms with Gasteiger partial charge < -0.3 is 15.0 Å². The molecule has 2 aliphatic rings. The Labute approximate surface area is 153 Å². The zero-order valence-electron chi connectivity index (χ0n) is 15.4. The molecule has 6 nitrogen and oxygen atoms in total. The minimum absolute atomic E-state index is 0.0619. The van der Waals surface area contributed by atoms with E-state index in [1.165, 1.54) is 0 Å². The van der Waals surface area contributed by atoms with Crippen LogP contribution in [-0.2, 0) is 16.8 Å². The minimum atomic E-state index is -0.551. The Bertz CT molecular complexity index is 789. The number of carbonyl (C=O) groups is 1. The van der Waals surface area contributed by atoms with Crippen molar-refractivity contribution in [3.63, 3.8) is 0 Å². The van der Waals surface area contributed by atoms with Gasteiger partial charge in [-0.3, -0.25) is 4.79 Å². The highest BCUT2D eigenvalue weighted by Crippen LogP contribution is 2.43. The first-order chi connectivity index (χ1) is 12.5. The molecule has 0 atom stereocenters. The molecule has 1 amide bonds. The summed E-state index contributed by atoms with van der Waals surface area (Å²) in [4.78, 5) is 12.8. The van der Waals surface area contributed by atoms with Crippen LogP contribution in [0, 0.1) is 0 Å². The summed E-state index contributed by atoms with van der Waals surface area (Å²) in [5.74, 6) is 2.02. The van der Waals surface area contributed by atoms with Gasteiger partial charge in [-0.1, -0.05) is 30.3 Å². The maximum Gasteiger partial charge on any atom is 0.230 e. The van der Waals surface area contributed by atoms with E-state index in [4.69, 9.17) is 0 Å². The lowest BCUT2D eigenvalue weighted by Crippen LogP contribution is -2.50. The third kappa shape index (κ3) is 3.03. The maximum atomic E-state index is 12.8. The first kappa shape index (κ1) is 17.2. The topological polar surface area (TPSA) is 80.0 Å². The van der Waals surface area contributed by atoms with E-state index in [1.54, 1.807) is 0 Å². The fourth-order valence-electron chi connectivity index (χ4n) is 3.75. The summed E-state index contributed by atoms with van der Waals surface area (Å²) in [6.07, 6.45) is 4.03. The molecule has 26 heavy (non-hydrogen) atoms. The molecular weight excluding hydrogens is 328 g/mol. The SMILES string of the molecule is CC(C)(C(=O)NC1CC(c2nnc(CO)n2C2CC2)C1)c1ccccc1. The molecule has 0 aliphatic heterocycles. The number of aliphatic hydroxyl groups is 1. The molecule has 2 aliphatic carbocycles. The van der Waals surface area contributed by atoms with Crippen LogP contribution in [0.3, 0.4) is 0 Å². The average molecular weight is 354 g/mol. The van der Waals surface area contributed by atoms with Gasteiger partial charge in [-0.05, 0) is 45.1 Å². The third-order valence-electron chi connectivity index (χ3n) is 5.75. The van der Waals surface area contributed by atoms with Crippen molar-refractivity contribution in [3.8, 4) is 0 Å². The zero-order valence-corrected chi connectivity index (χ0v) is 15.4. The highest BCUT2D eigenvalue weighted by atomic mass is 16.3. The Hall–Kier alpha value is -2.21. The summed E-state index contributed by atoms with van der Waals surface area (Å²) in [7, 11) is 0. The first-order valence-corrected chi connectivity index (χ1v) is 9.41. The van der Waals surface area contributed by atoms with E-state index in [2.05, 4.69) is 20.1 Å². The molecule has 6 heteroatoms. The lowest BCUT2D eigenvalue weighted by atomic mass is 9.77. The van der Waals surface area contributed by atoms with E-state index in [1.807, 2.05) is 44.2 Å². The summed E-state index contributed by atoms with van der Waals surface area (Å²) < 4.78 is 2.12. The van der Waals surface area contributed by atoms with Gasteiger partial charge in [0.25, 0.3) is 0 Å². The largest absolute Gasteiger partial charge is 0.388 e. The lowest BCUT2D eigenvalue weighted by molar-refractivity contribution is -0.127. The minimum Gasteiger partial charge on any atom is -0.388 e. The van der Waals surface area contributed by atoms with E-state index in [-0.39, 0.29) is 18.6 Å². The Morgan fingerprint density at radius 3 is 2.54 bits per heavy atom. The smallest absolute Gasteiger partial charge is 0.230 e. The Balaban J connectivity index is 1.38. The second-order valence-corrected chi connectivity index (χ2v) is 8.06. The van der Waals surface area contributed by atoms with Crippen LogP contribution < -0.4 is 5.32 Å². The molecule has 0 spiro atoms. The molecule has 1 aromatic carbocycles. The summed E-state index contributed by atoms with van der Waals surface area (Å²) >= 11 is 0. The molecule has 0 bridgehead atoms. The van der Waals surface area contributed by atoms with Gasteiger partial charge in [0.15, 0.2) is 5.82 Å². The van der Waals surface area contributed by atoms with Crippen LogP contribution in [0.25, 0.3) is 0 Å². The van der Waals surface area contributed by atoms with Crippen molar-refractivity contribution < 1.29 is 9.90 Å². The van der Waals surface area contributed by atoms with Crippen molar-refractivity contribution in [3.05, 3.63) is 47.5 Å². The summed E-state index contributed by atoms with van der Waals surface area (Å²) in [5.41, 5.74) is 0.471. The number of carbonyl (C=O) groups excluding carboxylic acids is 1. The fraction of sp³-hybridized carbons (Fsp3) is 0.550. The number of benzene rings is 1. The van der Waals surface area contributed by atoms with Gasteiger partial charge in [0.1, 0.15) is 12.4 Å². The van der Waals surface area contributed by atoms with Gasteiger partial charge in [0, 0.05) is 18.0 Å². The monoisotopic (exact) mass is 354 g/mol. The molecule has 2 aromatic rings. The Morgan fingerprint density at radius 2 is 1.92 bits per heavy atom. The van der Waals surface area contributed by atoms with Crippen LogP contribution >= 0.6 is 0 Å². The van der Waals surface area contributed by atoms with Crippen molar-refractivity contribution in [1.29, 1.82) is 0 Å². The highest BCUT2D eigenvalue weighted by Gasteiger charge is 2.40. The maximum absolute atomic E-state index is 12.8. The molecule has 4 rings (SSSR count). The van der Waals surface area contributed by atoms with Crippen LogP contribution in [0.4, 0.5) is 0 Å². The van der Waals surface area contributed by atoms with Crippen molar-refractivity contribution in [2.75, 3.05) is 0 Å². The predicted molar refractivity (Wildman–Crippen MR) is 97.6 cm³/mol. The fourth-order valence-corrected chi connectivity index (χ4v) is 3.75. The number of hydrogen-bond acceptors (Lipinski definition) is 4. The third-order valence-corrected chi connectivity index (χ3v) is 5.75. The standard InChI is InChI=1S/C20H26N4O2/c1-20(2,14-6-4-3-5-7-14)19(26)21-15-10-13(11-15)18-23-22-17(12-25)24(18)16-8-9-16/h3-7,13,15-16,25H,8-12H2,1-2H3,(H,21,26). The van der Waals surface area contributed by atoms with Gasteiger partial charge in [-0.2, -0.15) is 0 Å². The van der Waals surface area contributed by atoms with Gasteiger partial charge in [-0.25, -0.2) is 0 Å². The van der Waals surface area contributed by atoms with E-state index >= 15 is 0 Å². The van der Waals surface area contributed by atoms with E-state index in [9.17, 15) is 9.90 Å². The van der Waals surface area contributed by atoms with E-state index in [0.717, 1.165) is 37.1 Å². The van der Waals surface area contributed by atoms with E-state index in [0.29, 0.717) is 17.8 Å². The van der Waals surface area contributed by atoms with Gasteiger partial charge >= 0.3 is 0 Å². The van der Waals surface area contributed by atoms with Crippen LogP contribution in [0.5, 0.6) is 0 Å². The van der Waals surface area contributed by atoms with Crippen LogP contribution in [0.2, 0.25) is 0 Å². The zero-order chi connectivity index (χ0) is 18.3. The molecule has 0 radical (unpaired) electrons. The number of amides is 1. The van der Waals surface area contributed by atoms with Crippen molar-refractivity contribution in [2.45, 2.75) is 69.6 Å². The number of nitrogens with zero attached hydrogens (tertiary/aromatic N) is 3. The van der Waals surface area contributed by atoms with Crippen LogP contribution in [0.15, 0.2) is 30.3 Å². The van der Waals surface area contributed by atoms with Crippen LogP contribution in [-0.4, -0.2) is 31.8 Å². The second-order valence-electron chi connectivity index (χ2n) is 8.06. The second kappa shape index (κ2) is 6.50. The van der Waals surface area contributed by atoms with Crippen molar-refractivity contribution >= 4 is 5.91 Å². The molecular formula is C20H26N4O2. The molecule has 0 unspecified atom stereocenters. The van der Waals surface area contributed by atoms with Crippen LogP contribution in [0.1, 0.15) is 68.7 Å². The van der Waals surface area contributed by atoms with Crippen molar-refractivity contribution in [2.24, 2.45) is 0 Å². The van der Waals surface area contributed by atoms with Gasteiger partial charge in [0.2, 0.25) is 5.91 Å². The quantitative estimate of drug-likeness (QED) is 0.835. The Kier molecular flexibility index (Phi) is 4.31. The predicted octanol–water partition coefficient (Wildman–Crippen LogP) is 2.45. The number of hydrogen-bond donors (Lipinski definition) is 2. The average Bonchev–Trinajstić information content (AvgIpc) is 3.37. The lowest BCUT2D eigenvalue weighted by Gasteiger charge is -2.37. The van der Waals surface area contributed by atoms with E-state index < -0.39 is 5.41 Å². The van der Waals surface area contributed by atoms with Gasteiger partial charge in [0.05, 0.1) is 5.41 Å². The summed E-state index contributed by atoms with van der Waals surface area (Å²) in [6, 6.07) is 10.5. The molecule has 1 heterocycles. The molecule has 0 saturated heterocycles. The van der Waals surface area contributed by atoms with Gasteiger partial charge in [-0.15, -0.1) is 10.2 Å². The summed E-state index contributed by atoms with van der Waals surface area (Å²) in [5, 5.41) is 21.1. The van der Waals surface area contributed by atoms with Crippen molar-refractivity contribution in [1.82, 2.24) is 20.1 Å². The molecule has 138 valence electrons. The normalized spacial score (nSPS) is 22.7. The molecule has 1 aromatic heterocycles. The molecule has 2 fully saturated rings. The number of nitrogens with one attached hydrogen (secondary N) is 1.